The van der Waals surface area contributed by atoms with E-state index in [0.29, 0.717) is 0 Å². The molecule has 0 aliphatic carbocycles. The van der Waals surface area contributed by atoms with Gasteiger partial charge in [-0.15, -0.1) is 12.4 Å². The van der Waals surface area contributed by atoms with E-state index in [4.69, 9.17) is 5.73 Å². The normalized spacial score (nSPS) is 13.7. The van der Waals surface area contributed by atoms with Gasteiger partial charge in [-0.1, -0.05) is 38.0 Å². The van der Waals surface area contributed by atoms with Crippen molar-refractivity contribution in [2.75, 3.05) is 13.1 Å². The van der Waals surface area contributed by atoms with Crippen molar-refractivity contribution in [3.8, 4) is 0 Å². The molecule has 8 heteroatoms. The summed E-state index contributed by atoms with van der Waals surface area (Å²) in [6.07, 6.45) is 0.814. The number of aryl methyl sites for hydroxylation is 1. The van der Waals surface area contributed by atoms with Gasteiger partial charge in [0, 0.05) is 13.1 Å². The largest absolute Gasteiger partial charge is 0.353 e. The summed E-state index contributed by atoms with van der Waals surface area (Å²) < 4.78 is 26.5. The summed E-state index contributed by atoms with van der Waals surface area (Å²) in [6.45, 7) is 6.08. The Kier molecular flexibility index (Phi) is 9.38. The summed E-state index contributed by atoms with van der Waals surface area (Å²) in [6, 6.07) is 6.01. The molecule has 6 nitrogen and oxygen atoms in total. The molecule has 0 spiro atoms. The van der Waals surface area contributed by atoms with Crippen molar-refractivity contribution >= 4 is 28.3 Å². The molecule has 0 saturated carbocycles. The van der Waals surface area contributed by atoms with Gasteiger partial charge < -0.3 is 11.1 Å². The summed E-state index contributed by atoms with van der Waals surface area (Å²) in [7, 11) is -3.55. The van der Waals surface area contributed by atoms with Gasteiger partial charge in [0.1, 0.15) is 0 Å². The van der Waals surface area contributed by atoms with Gasteiger partial charge in [0.15, 0.2) is 0 Å². The Morgan fingerprint density at radius 1 is 1.22 bits per heavy atom. The first-order chi connectivity index (χ1) is 10.3. The number of carbonyl (C=O) groups is 1. The van der Waals surface area contributed by atoms with E-state index in [0.717, 1.165) is 12.0 Å². The maximum absolute atomic E-state index is 12.0. The monoisotopic (exact) mass is 363 g/mol. The van der Waals surface area contributed by atoms with Gasteiger partial charge in [0.25, 0.3) is 0 Å². The van der Waals surface area contributed by atoms with Gasteiger partial charge >= 0.3 is 0 Å². The summed E-state index contributed by atoms with van der Waals surface area (Å²) in [5, 5.41) is 2.64. The lowest BCUT2D eigenvalue weighted by Crippen LogP contribution is -2.46. The quantitative estimate of drug-likeness (QED) is 0.604. The number of benzene rings is 1. The second-order valence-electron chi connectivity index (χ2n) is 5.41. The molecular formula is C15H26ClN3O3S. The molecule has 2 atom stereocenters. The number of hydrogen-bond acceptors (Lipinski definition) is 4. The average Bonchev–Trinajstić information content (AvgIpc) is 2.50. The van der Waals surface area contributed by atoms with Crippen LogP contribution in [0.3, 0.4) is 0 Å². The molecule has 132 valence electrons. The molecule has 0 saturated heterocycles. The Labute approximate surface area is 144 Å². The third-order valence-corrected chi connectivity index (χ3v) is 5.08. The topological polar surface area (TPSA) is 101 Å². The van der Waals surface area contributed by atoms with Crippen LogP contribution in [-0.2, 0) is 14.8 Å². The number of nitrogens with two attached hydrogens (primary N) is 1. The molecule has 4 N–H and O–H groups in total. The van der Waals surface area contributed by atoms with Crippen LogP contribution in [0.15, 0.2) is 29.2 Å². The third kappa shape index (κ3) is 6.87. The van der Waals surface area contributed by atoms with Crippen LogP contribution in [0.2, 0.25) is 0 Å². The SMILES string of the molecule is CCC(C)C(N)C(=O)NCCNS(=O)(=O)c1ccc(C)cc1.Cl. The van der Waals surface area contributed by atoms with E-state index in [9.17, 15) is 13.2 Å². The van der Waals surface area contributed by atoms with E-state index in [1.54, 1.807) is 24.3 Å². The summed E-state index contributed by atoms with van der Waals surface area (Å²) in [5.74, 6) is -0.173. The second kappa shape index (κ2) is 9.87. The lowest BCUT2D eigenvalue weighted by Gasteiger charge is -2.17. The van der Waals surface area contributed by atoms with Gasteiger partial charge in [0.2, 0.25) is 15.9 Å². The van der Waals surface area contributed by atoms with Gasteiger partial charge in [-0.3, -0.25) is 4.79 Å². The average molecular weight is 364 g/mol. The second-order valence-corrected chi connectivity index (χ2v) is 7.18. The molecule has 0 radical (unpaired) electrons. The molecule has 0 heterocycles. The number of carbonyl (C=O) groups excluding carboxylic acids is 1. The van der Waals surface area contributed by atoms with Crippen LogP contribution in [0.1, 0.15) is 25.8 Å². The van der Waals surface area contributed by atoms with Crippen molar-refractivity contribution in [3.63, 3.8) is 0 Å². The Hall–Kier alpha value is -1.15. The van der Waals surface area contributed by atoms with E-state index in [2.05, 4.69) is 10.0 Å². The number of hydrogen-bond donors (Lipinski definition) is 3. The number of sulfonamides is 1. The van der Waals surface area contributed by atoms with Gasteiger partial charge in [-0.05, 0) is 25.0 Å². The Morgan fingerprint density at radius 2 is 1.78 bits per heavy atom. The van der Waals surface area contributed by atoms with E-state index in [1.807, 2.05) is 20.8 Å². The zero-order chi connectivity index (χ0) is 16.8. The number of amides is 1. The van der Waals surface area contributed by atoms with E-state index < -0.39 is 16.1 Å². The van der Waals surface area contributed by atoms with Crippen LogP contribution in [0.25, 0.3) is 0 Å². The standard InChI is InChI=1S/C15H25N3O3S.ClH/c1-4-12(3)14(16)15(19)17-9-10-18-22(20,21)13-7-5-11(2)6-8-13;/h5-8,12,14,18H,4,9-10,16H2,1-3H3,(H,17,19);1H. The van der Waals surface area contributed by atoms with Gasteiger partial charge in [-0.25, -0.2) is 13.1 Å². The van der Waals surface area contributed by atoms with Crippen molar-refractivity contribution in [1.82, 2.24) is 10.0 Å². The molecule has 1 rings (SSSR count). The number of nitrogens with one attached hydrogen (secondary N) is 2. The van der Waals surface area contributed by atoms with Crippen molar-refractivity contribution in [2.45, 2.75) is 38.1 Å². The number of rotatable bonds is 8. The molecule has 1 amide bonds. The first-order valence-corrected chi connectivity index (χ1v) is 8.86. The first-order valence-electron chi connectivity index (χ1n) is 7.37. The number of halogens is 1. The zero-order valence-electron chi connectivity index (χ0n) is 13.7. The van der Waals surface area contributed by atoms with Crippen molar-refractivity contribution in [2.24, 2.45) is 11.7 Å². The fraction of sp³-hybridized carbons (Fsp3) is 0.533. The third-order valence-electron chi connectivity index (χ3n) is 3.61. The fourth-order valence-electron chi connectivity index (χ4n) is 1.80. The molecule has 0 fully saturated rings. The van der Waals surface area contributed by atoms with Crippen molar-refractivity contribution in [1.29, 1.82) is 0 Å². The Balaban J connectivity index is 0.00000484. The van der Waals surface area contributed by atoms with Crippen LogP contribution in [0.5, 0.6) is 0 Å². The molecule has 23 heavy (non-hydrogen) atoms. The summed E-state index contributed by atoms with van der Waals surface area (Å²) >= 11 is 0. The highest BCUT2D eigenvalue weighted by molar-refractivity contribution is 7.89. The summed E-state index contributed by atoms with van der Waals surface area (Å²) in [5.41, 5.74) is 6.78. The molecule has 0 aliphatic heterocycles. The minimum absolute atomic E-state index is 0. The predicted molar refractivity (Wildman–Crippen MR) is 94.1 cm³/mol. The minimum Gasteiger partial charge on any atom is -0.353 e. The fourth-order valence-corrected chi connectivity index (χ4v) is 2.83. The molecular weight excluding hydrogens is 338 g/mol. The smallest absolute Gasteiger partial charge is 0.240 e. The molecule has 1 aromatic rings. The minimum atomic E-state index is -3.55. The predicted octanol–water partition coefficient (Wildman–Crippen LogP) is 1.18. The van der Waals surface area contributed by atoms with Crippen LogP contribution < -0.4 is 15.8 Å². The van der Waals surface area contributed by atoms with Crippen molar-refractivity contribution < 1.29 is 13.2 Å². The highest BCUT2D eigenvalue weighted by Gasteiger charge is 2.19. The van der Waals surface area contributed by atoms with Gasteiger partial charge in [-0.2, -0.15) is 0 Å². The van der Waals surface area contributed by atoms with Crippen molar-refractivity contribution in [3.05, 3.63) is 29.8 Å². The molecule has 0 bridgehead atoms. The Bertz CT molecular complexity index is 590. The van der Waals surface area contributed by atoms with Crippen LogP contribution >= 0.6 is 12.4 Å². The zero-order valence-corrected chi connectivity index (χ0v) is 15.3. The highest BCUT2D eigenvalue weighted by Crippen LogP contribution is 2.09. The molecule has 0 aliphatic rings. The van der Waals surface area contributed by atoms with Crippen LogP contribution in [0, 0.1) is 12.8 Å². The lowest BCUT2D eigenvalue weighted by molar-refractivity contribution is -0.123. The first kappa shape index (κ1) is 21.9. The van der Waals surface area contributed by atoms with Crippen LogP contribution in [0.4, 0.5) is 0 Å². The van der Waals surface area contributed by atoms with E-state index >= 15 is 0 Å². The highest BCUT2D eigenvalue weighted by atomic mass is 35.5. The maximum atomic E-state index is 12.0. The summed E-state index contributed by atoms with van der Waals surface area (Å²) in [4.78, 5) is 12.0. The lowest BCUT2D eigenvalue weighted by atomic mass is 9.99. The van der Waals surface area contributed by atoms with Crippen LogP contribution in [-0.4, -0.2) is 33.5 Å². The van der Waals surface area contributed by atoms with E-state index in [-0.39, 0.29) is 42.2 Å². The Morgan fingerprint density at radius 3 is 2.30 bits per heavy atom. The van der Waals surface area contributed by atoms with Gasteiger partial charge in [0.05, 0.1) is 10.9 Å². The molecule has 0 aromatic heterocycles. The molecule has 1 aromatic carbocycles. The van der Waals surface area contributed by atoms with E-state index in [1.165, 1.54) is 0 Å². The molecule has 2 unspecified atom stereocenters. The maximum Gasteiger partial charge on any atom is 0.240 e.